The minimum atomic E-state index is -0.523. The summed E-state index contributed by atoms with van der Waals surface area (Å²) in [6.07, 6.45) is 5.72. The molecular weight excluding hydrogens is 320 g/mol. The Kier molecular flexibility index (Phi) is 3.02. The molecule has 0 N–H and O–H groups in total. The fourth-order valence-electron chi connectivity index (χ4n) is 6.68. The van der Waals surface area contributed by atoms with E-state index >= 15 is 0 Å². The Morgan fingerprint density at radius 3 is 3.00 bits per heavy atom. The molecule has 3 aliphatic carbocycles. The van der Waals surface area contributed by atoms with Crippen LogP contribution in [-0.4, -0.2) is 24.3 Å². The molecule has 0 aromatic rings. The molecule has 1 spiro atoms. The molecule has 5 nitrogen and oxygen atoms in total. The van der Waals surface area contributed by atoms with Gasteiger partial charge in [-0.05, 0) is 50.9 Å². The van der Waals surface area contributed by atoms with Gasteiger partial charge in [-0.3, -0.25) is 9.59 Å². The Hall–Kier alpha value is -1.52. The van der Waals surface area contributed by atoms with Crippen molar-refractivity contribution in [2.45, 2.75) is 65.3 Å². The highest BCUT2D eigenvalue weighted by atomic mass is 16.7. The molecule has 0 unspecified atom stereocenters. The normalized spacial score (nSPS) is 49.8. The lowest BCUT2D eigenvalue weighted by Crippen LogP contribution is -2.49. The average Bonchev–Trinajstić information content (AvgIpc) is 3.04. The minimum Gasteiger partial charge on any atom is -0.462 e. The maximum Gasteiger partial charge on any atom is 0.312 e. The van der Waals surface area contributed by atoms with Crippen LogP contribution in [-0.2, 0) is 23.8 Å². The zero-order chi connectivity index (χ0) is 17.6. The molecule has 5 rings (SSSR count). The molecule has 1 saturated heterocycles. The highest BCUT2D eigenvalue weighted by Gasteiger charge is 2.77. The molecule has 0 radical (unpaired) electrons. The lowest BCUT2D eigenvalue weighted by molar-refractivity contribution is -0.198. The molecule has 136 valence electrons. The predicted octanol–water partition coefficient (Wildman–Crippen LogP) is 3.18. The summed E-state index contributed by atoms with van der Waals surface area (Å²) in [5.74, 6) is 0.482. The third-order valence-electron chi connectivity index (χ3n) is 8.18. The molecule has 0 amide bonds. The van der Waals surface area contributed by atoms with Gasteiger partial charge in [0.15, 0.2) is 0 Å². The smallest absolute Gasteiger partial charge is 0.312 e. The fourth-order valence-corrected chi connectivity index (χ4v) is 6.68. The molecule has 25 heavy (non-hydrogen) atoms. The van der Waals surface area contributed by atoms with Crippen LogP contribution >= 0.6 is 0 Å². The summed E-state index contributed by atoms with van der Waals surface area (Å²) in [5.41, 5.74) is 0.693. The van der Waals surface area contributed by atoms with Crippen molar-refractivity contribution in [1.29, 1.82) is 0 Å². The molecule has 5 heteroatoms. The summed E-state index contributed by atoms with van der Waals surface area (Å²) in [6, 6.07) is 0. The molecule has 4 fully saturated rings. The largest absolute Gasteiger partial charge is 0.462 e. The van der Waals surface area contributed by atoms with Crippen LogP contribution in [0.3, 0.4) is 0 Å². The highest BCUT2D eigenvalue weighted by Crippen LogP contribution is 2.76. The van der Waals surface area contributed by atoms with Crippen LogP contribution in [0.5, 0.6) is 0 Å². The SMILES string of the molecule is CC[C@@H](C)C(=O)O[C@@H]1OC=C2[C@@H]3C[C@@H]4C[C@]25[C@@H]1CC[C@H]5[C@]4(C)C(=O)O3. The number of rotatable bonds is 3. The third kappa shape index (κ3) is 1.65. The van der Waals surface area contributed by atoms with Crippen LogP contribution < -0.4 is 0 Å². The third-order valence-corrected chi connectivity index (χ3v) is 8.18. The number of esters is 2. The number of hydrogen-bond acceptors (Lipinski definition) is 5. The second-order valence-corrected chi connectivity index (χ2v) is 8.91. The summed E-state index contributed by atoms with van der Waals surface area (Å²) in [4.78, 5) is 25.1. The van der Waals surface area contributed by atoms with Gasteiger partial charge in [0, 0.05) is 16.9 Å². The van der Waals surface area contributed by atoms with Gasteiger partial charge in [0.1, 0.15) is 6.10 Å². The maximum atomic E-state index is 12.8. The fraction of sp³-hybridized carbons (Fsp3) is 0.800. The van der Waals surface area contributed by atoms with Crippen molar-refractivity contribution in [3.05, 3.63) is 11.8 Å². The predicted molar refractivity (Wildman–Crippen MR) is 87.9 cm³/mol. The molecule has 2 heterocycles. The lowest BCUT2D eigenvalue weighted by Gasteiger charge is -2.48. The van der Waals surface area contributed by atoms with Gasteiger partial charge in [-0.25, -0.2) is 0 Å². The topological polar surface area (TPSA) is 61.8 Å². The van der Waals surface area contributed by atoms with E-state index in [2.05, 4.69) is 6.92 Å². The van der Waals surface area contributed by atoms with E-state index in [1.807, 2.05) is 13.8 Å². The van der Waals surface area contributed by atoms with Crippen LogP contribution in [0.1, 0.15) is 52.9 Å². The van der Waals surface area contributed by atoms with E-state index in [0.29, 0.717) is 5.92 Å². The zero-order valence-electron chi connectivity index (χ0n) is 15.1. The number of ether oxygens (including phenoxy) is 3. The van der Waals surface area contributed by atoms with Crippen molar-refractivity contribution in [2.75, 3.05) is 0 Å². The van der Waals surface area contributed by atoms with E-state index in [0.717, 1.165) is 37.7 Å². The van der Waals surface area contributed by atoms with Gasteiger partial charge in [-0.1, -0.05) is 13.8 Å². The first kappa shape index (κ1) is 15.7. The molecule has 0 aromatic heterocycles. The van der Waals surface area contributed by atoms with Gasteiger partial charge in [-0.2, -0.15) is 0 Å². The lowest BCUT2D eigenvalue weighted by atomic mass is 9.62. The van der Waals surface area contributed by atoms with Crippen molar-refractivity contribution in [3.63, 3.8) is 0 Å². The van der Waals surface area contributed by atoms with E-state index < -0.39 is 6.29 Å². The van der Waals surface area contributed by atoms with Gasteiger partial charge in [-0.15, -0.1) is 0 Å². The molecule has 3 saturated carbocycles. The molecule has 3 bridgehead atoms. The van der Waals surface area contributed by atoms with Crippen LogP contribution in [0.25, 0.3) is 0 Å². The van der Waals surface area contributed by atoms with Crippen LogP contribution in [0, 0.1) is 34.5 Å². The summed E-state index contributed by atoms with van der Waals surface area (Å²) in [6.45, 7) is 5.98. The van der Waals surface area contributed by atoms with Crippen molar-refractivity contribution in [1.82, 2.24) is 0 Å². The Labute approximate surface area is 148 Å². The second kappa shape index (κ2) is 4.80. The number of hydrogen-bond donors (Lipinski definition) is 0. The Balaban J connectivity index is 1.54. The van der Waals surface area contributed by atoms with Gasteiger partial charge in [0.2, 0.25) is 6.29 Å². The zero-order valence-corrected chi connectivity index (χ0v) is 15.1. The standard InChI is InChI=1S/C20H26O5/c1-4-10(2)16(21)25-17-12-5-6-15-19(3)11-7-14(24-18(19)22)13(9-23-17)20(12,15)8-11/h9-12,14-15,17H,4-8H2,1-3H3/t10-,11-,12-,14+,15+,17+,19-,20+/m1/s1. The molecule has 2 aliphatic heterocycles. The number of carbonyl (C=O) groups excluding carboxylic acids is 2. The summed E-state index contributed by atoms with van der Waals surface area (Å²) >= 11 is 0. The van der Waals surface area contributed by atoms with Crippen molar-refractivity contribution in [3.8, 4) is 0 Å². The molecule has 8 atom stereocenters. The highest BCUT2D eigenvalue weighted by molar-refractivity contribution is 5.81. The number of carbonyl (C=O) groups is 2. The first-order chi connectivity index (χ1) is 11.9. The van der Waals surface area contributed by atoms with E-state index in [1.54, 1.807) is 6.26 Å². The van der Waals surface area contributed by atoms with Gasteiger partial charge in [0.05, 0.1) is 17.6 Å². The van der Waals surface area contributed by atoms with Crippen LogP contribution in [0.15, 0.2) is 11.8 Å². The first-order valence-electron chi connectivity index (χ1n) is 9.70. The van der Waals surface area contributed by atoms with E-state index in [1.165, 1.54) is 0 Å². The first-order valence-corrected chi connectivity index (χ1v) is 9.70. The Morgan fingerprint density at radius 1 is 1.44 bits per heavy atom. The van der Waals surface area contributed by atoms with E-state index in [9.17, 15) is 9.59 Å². The Bertz CT molecular complexity index is 684. The van der Waals surface area contributed by atoms with Crippen molar-refractivity contribution >= 4 is 11.9 Å². The molecule has 5 aliphatic rings. The number of fused-ring (bicyclic) bond motifs is 3. The van der Waals surface area contributed by atoms with E-state index in [4.69, 9.17) is 14.2 Å². The van der Waals surface area contributed by atoms with Gasteiger partial charge < -0.3 is 14.2 Å². The second-order valence-electron chi connectivity index (χ2n) is 8.91. The monoisotopic (exact) mass is 346 g/mol. The maximum absolute atomic E-state index is 12.8. The van der Waals surface area contributed by atoms with E-state index in [-0.39, 0.29) is 46.6 Å². The summed E-state index contributed by atoms with van der Waals surface area (Å²) in [5, 5.41) is 0. The van der Waals surface area contributed by atoms with Crippen molar-refractivity contribution in [2.24, 2.45) is 34.5 Å². The van der Waals surface area contributed by atoms with Crippen LogP contribution in [0.2, 0.25) is 0 Å². The summed E-state index contributed by atoms with van der Waals surface area (Å²) in [7, 11) is 0. The van der Waals surface area contributed by atoms with Gasteiger partial charge >= 0.3 is 11.9 Å². The Morgan fingerprint density at radius 2 is 2.24 bits per heavy atom. The van der Waals surface area contributed by atoms with Crippen molar-refractivity contribution < 1.29 is 23.8 Å². The van der Waals surface area contributed by atoms with Gasteiger partial charge in [0.25, 0.3) is 0 Å². The average molecular weight is 346 g/mol. The molecule has 0 aromatic carbocycles. The minimum absolute atomic E-state index is 0.0280. The van der Waals surface area contributed by atoms with Crippen LogP contribution in [0.4, 0.5) is 0 Å². The summed E-state index contributed by atoms with van der Waals surface area (Å²) < 4.78 is 17.5. The molecular formula is C20H26O5. The quantitative estimate of drug-likeness (QED) is 0.735.